The van der Waals surface area contributed by atoms with E-state index in [1.807, 2.05) is 24.3 Å². The Morgan fingerprint density at radius 3 is 2.83 bits per heavy atom. The molecular formula is C17H15ClN2O4. The fourth-order valence-corrected chi connectivity index (χ4v) is 2.93. The lowest BCUT2D eigenvalue weighted by Crippen LogP contribution is -2.39. The molecule has 1 aliphatic rings. The van der Waals surface area contributed by atoms with E-state index in [-0.39, 0.29) is 22.4 Å². The van der Waals surface area contributed by atoms with Crippen molar-refractivity contribution in [1.29, 1.82) is 0 Å². The van der Waals surface area contributed by atoms with Crippen LogP contribution >= 0.6 is 11.6 Å². The molecule has 3 rings (SSSR count). The van der Waals surface area contributed by atoms with Gasteiger partial charge in [-0.1, -0.05) is 29.8 Å². The molecule has 6 nitrogen and oxygen atoms in total. The van der Waals surface area contributed by atoms with Crippen molar-refractivity contribution in [2.24, 2.45) is 0 Å². The molecule has 0 radical (unpaired) electrons. The van der Waals surface area contributed by atoms with Crippen LogP contribution in [-0.4, -0.2) is 23.5 Å². The lowest BCUT2D eigenvalue weighted by atomic mass is 10.2. The quantitative estimate of drug-likeness (QED) is 0.626. The van der Waals surface area contributed by atoms with Gasteiger partial charge >= 0.3 is 5.69 Å². The predicted octanol–water partition coefficient (Wildman–Crippen LogP) is 3.60. The van der Waals surface area contributed by atoms with Crippen LogP contribution in [0.5, 0.6) is 5.75 Å². The molecule has 0 N–H and O–H groups in total. The predicted molar refractivity (Wildman–Crippen MR) is 90.7 cm³/mol. The van der Waals surface area contributed by atoms with Gasteiger partial charge in [0.2, 0.25) is 0 Å². The van der Waals surface area contributed by atoms with E-state index in [0.29, 0.717) is 6.54 Å². The SMILES string of the molecule is C[C@H](Oc1ccc(Cl)cc1[N+](=O)[O-])C(=O)N1CCc2ccccc21. The Labute approximate surface area is 143 Å². The summed E-state index contributed by atoms with van der Waals surface area (Å²) in [5, 5.41) is 11.4. The third-order valence-corrected chi connectivity index (χ3v) is 4.16. The Balaban J connectivity index is 1.80. The zero-order chi connectivity index (χ0) is 17.3. The van der Waals surface area contributed by atoms with E-state index in [4.69, 9.17) is 16.3 Å². The Hall–Kier alpha value is -2.60. The molecule has 124 valence electrons. The number of benzene rings is 2. The molecule has 2 aromatic carbocycles. The van der Waals surface area contributed by atoms with E-state index < -0.39 is 11.0 Å². The summed E-state index contributed by atoms with van der Waals surface area (Å²) in [6.45, 7) is 2.16. The van der Waals surface area contributed by atoms with Crippen molar-refractivity contribution in [2.45, 2.75) is 19.4 Å². The zero-order valence-electron chi connectivity index (χ0n) is 12.9. The second-order valence-electron chi connectivity index (χ2n) is 5.50. The first kappa shape index (κ1) is 16.3. The van der Waals surface area contributed by atoms with E-state index in [9.17, 15) is 14.9 Å². The third-order valence-electron chi connectivity index (χ3n) is 3.92. The van der Waals surface area contributed by atoms with Crippen molar-refractivity contribution < 1.29 is 14.5 Å². The number of anilines is 1. The molecule has 1 aliphatic heterocycles. The number of nitrogens with zero attached hydrogens (tertiary/aromatic N) is 2. The first-order valence-electron chi connectivity index (χ1n) is 7.47. The highest BCUT2D eigenvalue weighted by molar-refractivity contribution is 6.30. The summed E-state index contributed by atoms with van der Waals surface area (Å²) in [5.41, 5.74) is 1.71. The molecule has 0 saturated heterocycles. The molecule has 1 amide bonds. The average Bonchev–Trinajstić information content (AvgIpc) is 2.99. The molecule has 24 heavy (non-hydrogen) atoms. The molecule has 0 aliphatic carbocycles. The van der Waals surface area contributed by atoms with E-state index >= 15 is 0 Å². The second-order valence-corrected chi connectivity index (χ2v) is 5.93. The number of hydrogen-bond donors (Lipinski definition) is 0. The van der Waals surface area contributed by atoms with Crippen LogP contribution in [-0.2, 0) is 11.2 Å². The minimum Gasteiger partial charge on any atom is -0.474 e. The molecule has 0 saturated carbocycles. The van der Waals surface area contributed by atoms with E-state index in [1.54, 1.807) is 11.8 Å². The zero-order valence-corrected chi connectivity index (χ0v) is 13.7. The number of nitro groups is 1. The highest BCUT2D eigenvalue weighted by Gasteiger charge is 2.30. The molecule has 0 fully saturated rings. The van der Waals surface area contributed by atoms with Crippen LogP contribution in [0.4, 0.5) is 11.4 Å². The van der Waals surface area contributed by atoms with Crippen LogP contribution in [0.15, 0.2) is 42.5 Å². The topological polar surface area (TPSA) is 72.7 Å². The number of nitro benzene ring substituents is 1. The van der Waals surface area contributed by atoms with Gasteiger partial charge in [0, 0.05) is 23.3 Å². The van der Waals surface area contributed by atoms with E-state index in [2.05, 4.69) is 0 Å². The molecule has 1 heterocycles. The summed E-state index contributed by atoms with van der Waals surface area (Å²) in [6.07, 6.45) is -0.0635. The fourth-order valence-electron chi connectivity index (χ4n) is 2.76. The summed E-state index contributed by atoms with van der Waals surface area (Å²) in [4.78, 5) is 24.9. The van der Waals surface area contributed by atoms with Gasteiger partial charge in [0.05, 0.1) is 4.92 Å². The minimum absolute atomic E-state index is 0.0257. The van der Waals surface area contributed by atoms with Crippen LogP contribution in [0.2, 0.25) is 5.02 Å². The lowest BCUT2D eigenvalue weighted by Gasteiger charge is -2.22. The molecule has 0 spiro atoms. The van der Waals surface area contributed by atoms with Crippen molar-refractivity contribution in [3.05, 3.63) is 63.2 Å². The Kier molecular flexibility index (Phi) is 4.40. The minimum atomic E-state index is -0.851. The van der Waals surface area contributed by atoms with E-state index in [1.165, 1.54) is 18.2 Å². The van der Waals surface area contributed by atoms with Crippen molar-refractivity contribution >= 4 is 28.9 Å². The second kappa shape index (κ2) is 6.49. The van der Waals surface area contributed by atoms with Gasteiger partial charge in [-0.3, -0.25) is 14.9 Å². The number of ether oxygens (including phenoxy) is 1. The van der Waals surface area contributed by atoms with Gasteiger partial charge in [0.25, 0.3) is 5.91 Å². The van der Waals surface area contributed by atoms with Crippen molar-refractivity contribution in [3.63, 3.8) is 0 Å². The van der Waals surface area contributed by atoms with Gasteiger partial charge in [-0.15, -0.1) is 0 Å². The van der Waals surface area contributed by atoms with Crippen LogP contribution in [0.3, 0.4) is 0 Å². The van der Waals surface area contributed by atoms with E-state index in [0.717, 1.165) is 17.7 Å². The smallest absolute Gasteiger partial charge is 0.312 e. The van der Waals surface area contributed by atoms with Gasteiger partial charge in [-0.05, 0) is 37.1 Å². The van der Waals surface area contributed by atoms with Crippen molar-refractivity contribution in [2.75, 3.05) is 11.4 Å². The summed E-state index contributed by atoms with van der Waals surface area (Å²) < 4.78 is 5.56. The summed E-state index contributed by atoms with van der Waals surface area (Å²) in [6, 6.07) is 11.8. The maximum atomic E-state index is 12.7. The molecule has 1 atom stereocenters. The third kappa shape index (κ3) is 3.05. The number of amides is 1. The largest absolute Gasteiger partial charge is 0.474 e. The normalized spacial score (nSPS) is 14.2. The van der Waals surface area contributed by atoms with Crippen molar-refractivity contribution in [3.8, 4) is 5.75 Å². The molecule has 0 aromatic heterocycles. The van der Waals surface area contributed by atoms with Gasteiger partial charge in [0.1, 0.15) is 0 Å². The number of fused-ring (bicyclic) bond motifs is 1. The summed E-state index contributed by atoms with van der Waals surface area (Å²) in [7, 11) is 0. The first-order valence-corrected chi connectivity index (χ1v) is 7.85. The molecule has 2 aromatic rings. The Morgan fingerprint density at radius 2 is 2.08 bits per heavy atom. The molecular weight excluding hydrogens is 332 g/mol. The Bertz CT molecular complexity index is 809. The number of carbonyl (C=O) groups is 1. The number of hydrogen-bond acceptors (Lipinski definition) is 4. The number of rotatable bonds is 4. The van der Waals surface area contributed by atoms with Gasteiger partial charge in [-0.2, -0.15) is 0 Å². The highest BCUT2D eigenvalue weighted by atomic mass is 35.5. The van der Waals surface area contributed by atoms with Gasteiger partial charge < -0.3 is 9.64 Å². The van der Waals surface area contributed by atoms with Gasteiger partial charge in [0.15, 0.2) is 11.9 Å². The summed E-state index contributed by atoms with van der Waals surface area (Å²) in [5.74, 6) is -0.207. The average molecular weight is 347 g/mol. The first-order chi connectivity index (χ1) is 11.5. The number of carbonyl (C=O) groups excluding carboxylic acids is 1. The maximum Gasteiger partial charge on any atom is 0.312 e. The van der Waals surface area contributed by atoms with Gasteiger partial charge in [-0.25, -0.2) is 0 Å². The molecule has 0 bridgehead atoms. The lowest BCUT2D eigenvalue weighted by molar-refractivity contribution is -0.386. The van der Waals surface area contributed by atoms with Crippen LogP contribution in [0.25, 0.3) is 0 Å². The van der Waals surface area contributed by atoms with Crippen molar-refractivity contribution in [1.82, 2.24) is 0 Å². The monoisotopic (exact) mass is 346 g/mol. The fraction of sp³-hybridized carbons (Fsp3) is 0.235. The molecule has 0 unspecified atom stereocenters. The maximum absolute atomic E-state index is 12.7. The standard InChI is InChI=1S/C17H15ClN2O4/c1-11(24-16-7-6-13(18)10-15(16)20(22)23)17(21)19-9-8-12-4-2-3-5-14(12)19/h2-7,10-11H,8-9H2,1H3/t11-/m0/s1. The number of para-hydroxylation sites is 1. The summed E-state index contributed by atoms with van der Waals surface area (Å²) >= 11 is 5.78. The van der Waals surface area contributed by atoms with Crippen LogP contribution in [0.1, 0.15) is 12.5 Å². The molecule has 7 heteroatoms. The number of halogens is 1. The van der Waals surface area contributed by atoms with Crippen LogP contribution < -0.4 is 9.64 Å². The highest BCUT2D eigenvalue weighted by Crippen LogP contribution is 2.32. The van der Waals surface area contributed by atoms with Crippen LogP contribution in [0, 0.1) is 10.1 Å². The Morgan fingerprint density at radius 1 is 1.33 bits per heavy atom.